The first-order chi connectivity index (χ1) is 11.4. The minimum absolute atomic E-state index is 0.0254. The molecule has 2 rings (SSSR count). The van der Waals surface area contributed by atoms with Gasteiger partial charge in [-0.05, 0) is 37.3 Å². The van der Waals surface area contributed by atoms with Gasteiger partial charge in [0.25, 0.3) is 10.0 Å². The van der Waals surface area contributed by atoms with Crippen LogP contribution >= 0.6 is 22.9 Å². The number of methoxy groups -OCH3 is 1. The SMILES string of the molecule is COCCCNC(=O)CC1CCN(S(=O)(=O)c2ccc(Cl)s2)CC1. The standard InChI is InChI=1S/C15H23ClN2O4S2/c1-22-10-2-7-17-14(19)11-12-5-8-18(9-6-12)24(20,21)15-4-3-13(16)23-15/h3-4,12H,2,5-11H2,1H3,(H,17,19). The van der Waals surface area contributed by atoms with E-state index in [1.54, 1.807) is 19.2 Å². The molecule has 0 saturated carbocycles. The molecule has 136 valence electrons. The maximum Gasteiger partial charge on any atom is 0.252 e. The third-order valence-electron chi connectivity index (χ3n) is 4.04. The Morgan fingerprint density at radius 2 is 2.12 bits per heavy atom. The summed E-state index contributed by atoms with van der Waals surface area (Å²) < 4.78 is 32.2. The smallest absolute Gasteiger partial charge is 0.252 e. The zero-order chi connectivity index (χ0) is 17.6. The van der Waals surface area contributed by atoms with Crippen molar-refractivity contribution in [3.05, 3.63) is 16.5 Å². The van der Waals surface area contributed by atoms with Crippen LogP contribution < -0.4 is 5.32 Å². The number of halogens is 1. The summed E-state index contributed by atoms with van der Waals surface area (Å²) in [6, 6.07) is 3.14. The number of hydrogen-bond acceptors (Lipinski definition) is 5. The first kappa shape index (κ1) is 19.7. The Balaban J connectivity index is 1.78. The Morgan fingerprint density at radius 3 is 2.71 bits per heavy atom. The molecule has 24 heavy (non-hydrogen) atoms. The fourth-order valence-corrected chi connectivity index (χ4v) is 5.80. The summed E-state index contributed by atoms with van der Waals surface area (Å²) >= 11 is 6.90. The van der Waals surface area contributed by atoms with Crippen LogP contribution in [0.15, 0.2) is 16.3 Å². The minimum atomic E-state index is -3.46. The highest BCUT2D eigenvalue weighted by Gasteiger charge is 2.31. The van der Waals surface area contributed by atoms with Gasteiger partial charge >= 0.3 is 0 Å². The molecule has 0 unspecified atom stereocenters. The van der Waals surface area contributed by atoms with Crippen LogP contribution in [0.1, 0.15) is 25.7 Å². The molecular formula is C15H23ClN2O4S2. The fourth-order valence-electron chi connectivity index (χ4n) is 2.70. The van der Waals surface area contributed by atoms with Crippen LogP contribution in [-0.4, -0.2) is 52.0 Å². The second-order valence-corrected chi connectivity index (χ2v) is 9.69. The first-order valence-electron chi connectivity index (χ1n) is 7.94. The normalized spacial score (nSPS) is 17.1. The van der Waals surface area contributed by atoms with E-state index in [0.717, 1.165) is 17.8 Å². The van der Waals surface area contributed by atoms with E-state index in [1.165, 1.54) is 4.31 Å². The third-order valence-corrected chi connectivity index (χ3v) is 7.63. The van der Waals surface area contributed by atoms with Gasteiger partial charge < -0.3 is 10.1 Å². The van der Waals surface area contributed by atoms with Crippen molar-refractivity contribution in [3.8, 4) is 0 Å². The van der Waals surface area contributed by atoms with E-state index in [1.807, 2.05) is 0 Å². The van der Waals surface area contributed by atoms with E-state index < -0.39 is 10.0 Å². The molecule has 0 atom stereocenters. The zero-order valence-corrected chi connectivity index (χ0v) is 16.1. The number of carbonyl (C=O) groups excluding carboxylic acids is 1. The Hall–Kier alpha value is -0.670. The van der Waals surface area contributed by atoms with Crippen LogP contribution in [-0.2, 0) is 19.6 Å². The van der Waals surface area contributed by atoms with Gasteiger partial charge in [-0.2, -0.15) is 4.31 Å². The summed E-state index contributed by atoms with van der Waals surface area (Å²) in [4.78, 5) is 11.9. The molecule has 1 fully saturated rings. The van der Waals surface area contributed by atoms with Crippen molar-refractivity contribution in [2.45, 2.75) is 29.9 Å². The van der Waals surface area contributed by atoms with Crippen LogP contribution in [0.25, 0.3) is 0 Å². The highest BCUT2D eigenvalue weighted by molar-refractivity contribution is 7.91. The summed E-state index contributed by atoms with van der Waals surface area (Å²) in [6.07, 6.45) is 2.64. The highest BCUT2D eigenvalue weighted by Crippen LogP contribution is 2.31. The van der Waals surface area contributed by atoms with Crippen molar-refractivity contribution in [1.82, 2.24) is 9.62 Å². The largest absolute Gasteiger partial charge is 0.385 e. The van der Waals surface area contributed by atoms with Crippen molar-refractivity contribution < 1.29 is 17.9 Å². The van der Waals surface area contributed by atoms with Crippen LogP contribution in [0, 0.1) is 5.92 Å². The number of piperidine rings is 1. The Kier molecular flexibility index (Phi) is 7.49. The highest BCUT2D eigenvalue weighted by atomic mass is 35.5. The molecule has 2 heterocycles. The number of ether oxygens (including phenoxy) is 1. The lowest BCUT2D eigenvalue weighted by atomic mass is 9.94. The molecule has 6 nitrogen and oxygen atoms in total. The fraction of sp³-hybridized carbons (Fsp3) is 0.667. The molecule has 9 heteroatoms. The van der Waals surface area contributed by atoms with Crippen molar-refractivity contribution >= 4 is 38.9 Å². The molecule has 0 spiro atoms. The monoisotopic (exact) mass is 394 g/mol. The first-order valence-corrected chi connectivity index (χ1v) is 10.6. The van der Waals surface area contributed by atoms with Crippen molar-refractivity contribution in [1.29, 1.82) is 0 Å². The van der Waals surface area contributed by atoms with E-state index in [4.69, 9.17) is 16.3 Å². The molecule has 0 aliphatic carbocycles. The summed E-state index contributed by atoms with van der Waals surface area (Å²) in [5, 5.41) is 2.87. The van der Waals surface area contributed by atoms with Crippen molar-refractivity contribution in [2.24, 2.45) is 5.92 Å². The summed E-state index contributed by atoms with van der Waals surface area (Å²) in [7, 11) is -1.83. The number of rotatable bonds is 8. The van der Waals surface area contributed by atoms with Gasteiger partial charge in [0.2, 0.25) is 5.91 Å². The maximum atomic E-state index is 12.5. The molecule has 1 N–H and O–H groups in total. The van der Waals surface area contributed by atoms with Crippen molar-refractivity contribution in [2.75, 3.05) is 33.4 Å². The number of hydrogen-bond donors (Lipinski definition) is 1. The molecule has 1 aliphatic rings. The van der Waals surface area contributed by atoms with Gasteiger partial charge in [0, 0.05) is 39.8 Å². The van der Waals surface area contributed by atoms with Crippen LogP contribution in [0.5, 0.6) is 0 Å². The van der Waals surface area contributed by atoms with Gasteiger partial charge in [-0.15, -0.1) is 11.3 Å². The zero-order valence-electron chi connectivity index (χ0n) is 13.7. The molecule has 1 aromatic rings. The van der Waals surface area contributed by atoms with E-state index in [2.05, 4.69) is 5.32 Å². The van der Waals surface area contributed by atoms with Gasteiger partial charge in [0.1, 0.15) is 4.21 Å². The minimum Gasteiger partial charge on any atom is -0.385 e. The van der Waals surface area contributed by atoms with E-state index in [-0.39, 0.29) is 16.0 Å². The summed E-state index contributed by atoms with van der Waals surface area (Å²) in [5.74, 6) is 0.253. The Morgan fingerprint density at radius 1 is 1.42 bits per heavy atom. The average Bonchev–Trinajstić information content (AvgIpc) is 2.99. The lowest BCUT2D eigenvalue weighted by Crippen LogP contribution is -2.39. The summed E-state index contributed by atoms with van der Waals surface area (Å²) in [6.45, 7) is 2.13. The number of nitrogens with one attached hydrogen (secondary N) is 1. The number of carbonyl (C=O) groups is 1. The van der Waals surface area contributed by atoms with E-state index in [9.17, 15) is 13.2 Å². The van der Waals surface area contributed by atoms with Gasteiger partial charge in [0.05, 0.1) is 4.34 Å². The topological polar surface area (TPSA) is 75.7 Å². The maximum absolute atomic E-state index is 12.5. The molecule has 0 radical (unpaired) electrons. The van der Waals surface area contributed by atoms with Crippen LogP contribution in [0.2, 0.25) is 4.34 Å². The van der Waals surface area contributed by atoms with E-state index >= 15 is 0 Å². The van der Waals surface area contributed by atoms with Gasteiger partial charge in [-0.1, -0.05) is 11.6 Å². The number of sulfonamides is 1. The van der Waals surface area contributed by atoms with Crippen LogP contribution in [0.4, 0.5) is 0 Å². The molecule has 1 aromatic heterocycles. The molecule has 0 aromatic carbocycles. The average molecular weight is 395 g/mol. The molecule has 0 bridgehead atoms. The van der Waals surface area contributed by atoms with Gasteiger partial charge in [0.15, 0.2) is 0 Å². The molecule has 1 saturated heterocycles. The third kappa shape index (κ3) is 5.42. The Labute approximate surface area is 152 Å². The summed E-state index contributed by atoms with van der Waals surface area (Å²) in [5.41, 5.74) is 0. The van der Waals surface area contributed by atoms with E-state index in [0.29, 0.717) is 49.8 Å². The second-order valence-electron chi connectivity index (χ2n) is 5.81. The lowest BCUT2D eigenvalue weighted by molar-refractivity contribution is -0.122. The molecule has 1 amide bonds. The number of nitrogens with zero attached hydrogens (tertiary/aromatic N) is 1. The van der Waals surface area contributed by atoms with Gasteiger partial charge in [-0.25, -0.2) is 8.42 Å². The number of thiophene rings is 1. The Bertz CT molecular complexity index is 640. The predicted molar refractivity (Wildman–Crippen MR) is 94.9 cm³/mol. The molecular weight excluding hydrogens is 372 g/mol. The van der Waals surface area contributed by atoms with Crippen LogP contribution in [0.3, 0.4) is 0 Å². The quantitative estimate of drug-likeness (QED) is 0.686. The van der Waals surface area contributed by atoms with Crippen molar-refractivity contribution in [3.63, 3.8) is 0 Å². The predicted octanol–water partition coefficient (Wildman–Crippen LogP) is 2.35. The molecule has 1 aliphatic heterocycles. The van der Waals surface area contributed by atoms with Gasteiger partial charge in [-0.3, -0.25) is 4.79 Å². The lowest BCUT2D eigenvalue weighted by Gasteiger charge is -2.30. The second kappa shape index (κ2) is 9.15. The number of amides is 1.